The molecule has 4 rings (SSSR count). The molecule has 0 radical (unpaired) electrons. The first-order valence-electron chi connectivity index (χ1n) is 9.67. The van der Waals surface area contributed by atoms with Crippen LogP contribution < -0.4 is 15.0 Å². The summed E-state index contributed by atoms with van der Waals surface area (Å²) >= 11 is 6.12. The summed E-state index contributed by atoms with van der Waals surface area (Å²) in [5.74, 6) is -0.669. The molecule has 2 aromatic carbocycles. The highest BCUT2D eigenvalue weighted by atomic mass is 35.5. The Morgan fingerprint density at radius 2 is 1.77 bits per heavy atom. The van der Waals surface area contributed by atoms with Gasteiger partial charge in [-0.15, -0.1) is 0 Å². The maximum Gasteiger partial charge on any atom is 0.294 e. The van der Waals surface area contributed by atoms with Gasteiger partial charge in [-0.1, -0.05) is 24.4 Å². The Labute approximate surface area is 177 Å². The van der Waals surface area contributed by atoms with E-state index in [0.717, 1.165) is 17.7 Å². The number of carbonyl (C=O) groups is 2. The molecule has 8 nitrogen and oxygen atoms in total. The third-order valence-electron chi connectivity index (χ3n) is 5.71. The Hall–Kier alpha value is -3.13. The van der Waals surface area contributed by atoms with Crippen LogP contribution in [0, 0.1) is 22.0 Å². The Morgan fingerprint density at radius 1 is 1.10 bits per heavy atom. The van der Waals surface area contributed by atoms with E-state index in [1.807, 2.05) is 0 Å². The molecule has 0 bridgehead atoms. The summed E-state index contributed by atoms with van der Waals surface area (Å²) in [6.45, 7) is 0. The lowest BCUT2D eigenvalue weighted by molar-refractivity contribution is -0.383. The molecule has 1 saturated heterocycles. The minimum atomic E-state index is -0.547. The number of benzene rings is 2. The van der Waals surface area contributed by atoms with E-state index < -0.39 is 4.92 Å². The van der Waals surface area contributed by atoms with E-state index in [0.29, 0.717) is 29.3 Å². The number of methoxy groups -OCH3 is 1. The van der Waals surface area contributed by atoms with Crippen molar-refractivity contribution in [3.8, 4) is 5.75 Å². The van der Waals surface area contributed by atoms with E-state index in [1.54, 1.807) is 24.3 Å². The summed E-state index contributed by atoms with van der Waals surface area (Å²) in [4.78, 5) is 37.9. The normalized spacial score (nSPS) is 20.8. The van der Waals surface area contributed by atoms with Crippen LogP contribution in [0.1, 0.15) is 25.7 Å². The van der Waals surface area contributed by atoms with Gasteiger partial charge in [0.15, 0.2) is 0 Å². The van der Waals surface area contributed by atoms with Gasteiger partial charge in [0.05, 0.1) is 34.6 Å². The van der Waals surface area contributed by atoms with Gasteiger partial charge in [0, 0.05) is 11.8 Å². The fourth-order valence-electron chi connectivity index (χ4n) is 4.23. The first-order valence-corrected chi connectivity index (χ1v) is 10.1. The first-order chi connectivity index (χ1) is 14.4. The topological polar surface area (TPSA) is 102 Å². The number of nitrogens with one attached hydrogen (secondary N) is 1. The minimum absolute atomic E-state index is 0.224. The number of hydrogen-bond donors (Lipinski definition) is 1. The van der Waals surface area contributed by atoms with Gasteiger partial charge in [0.1, 0.15) is 11.4 Å². The van der Waals surface area contributed by atoms with Crippen molar-refractivity contribution in [3.63, 3.8) is 0 Å². The van der Waals surface area contributed by atoms with Gasteiger partial charge in [-0.25, -0.2) is 4.90 Å². The number of ether oxygens (including phenoxy) is 1. The number of fused-ring (bicyclic) bond motifs is 1. The Kier molecular flexibility index (Phi) is 5.34. The van der Waals surface area contributed by atoms with Crippen molar-refractivity contribution in [3.05, 3.63) is 51.5 Å². The standard InChI is InChI=1S/C21H20ClN3O5/c1-30-19-9-6-12(10-16(19)22)23-17-8-7-13(11-18(17)25(28)29)24-20(26)14-4-2-3-5-15(14)21(24)27/h6-11,14-15,23H,2-5H2,1H3/t14-,15-/m1/s1. The smallest absolute Gasteiger partial charge is 0.294 e. The van der Waals surface area contributed by atoms with Crippen molar-refractivity contribution in [1.82, 2.24) is 0 Å². The van der Waals surface area contributed by atoms with Crippen LogP contribution in [0.3, 0.4) is 0 Å². The van der Waals surface area contributed by atoms with E-state index in [1.165, 1.54) is 19.2 Å². The molecule has 1 heterocycles. The highest BCUT2D eigenvalue weighted by Gasteiger charge is 2.49. The number of hydrogen-bond acceptors (Lipinski definition) is 6. The largest absolute Gasteiger partial charge is 0.495 e. The lowest BCUT2D eigenvalue weighted by Crippen LogP contribution is -2.30. The first kappa shape index (κ1) is 20.2. The van der Waals surface area contributed by atoms with E-state index in [4.69, 9.17) is 16.3 Å². The number of rotatable bonds is 5. The second-order valence-corrected chi connectivity index (χ2v) is 7.85. The van der Waals surface area contributed by atoms with Crippen LogP contribution in [-0.4, -0.2) is 23.8 Å². The number of carbonyl (C=O) groups excluding carboxylic acids is 2. The van der Waals surface area contributed by atoms with Crippen LogP contribution in [0.2, 0.25) is 5.02 Å². The molecule has 9 heteroatoms. The van der Waals surface area contributed by atoms with Crippen molar-refractivity contribution >= 4 is 46.2 Å². The van der Waals surface area contributed by atoms with Crippen LogP contribution in [0.4, 0.5) is 22.7 Å². The lowest BCUT2D eigenvalue weighted by Gasteiger charge is -2.19. The van der Waals surface area contributed by atoms with E-state index in [9.17, 15) is 19.7 Å². The fraction of sp³-hybridized carbons (Fsp3) is 0.333. The van der Waals surface area contributed by atoms with Crippen molar-refractivity contribution < 1.29 is 19.2 Å². The summed E-state index contributed by atoms with van der Waals surface area (Å²) < 4.78 is 5.11. The van der Waals surface area contributed by atoms with Crippen LogP contribution in [0.25, 0.3) is 0 Å². The van der Waals surface area contributed by atoms with Crippen LogP contribution in [0.5, 0.6) is 5.75 Å². The van der Waals surface area contributed by atoms with Crippen molar-refractivity contribution in [1.29, 1.82) is 0 Å². The second kappa shape index (κ2) is 7.95. The molecular weight excluding hydrogens is 410 g/mol. The fourth-order valence-corrected chi connectivity index (χ4v) is 4.49. The maximum atomic E-state index is 12.8. The Balaban J connectivity index is 1.66. The third-order valence-corrected chi connectivity index (χ3v) is 6.00. The van der Waals surface area contributed by atoms with Crippen molar-refractivity contribution in [2.45, 2.75) is 25.7 Å². The molecule has 1 saturated carbocycles. The molecule has 1 aliphatic heterocycles. The monoisotopic (exact) mass is 429 g/mol. The number of imide groups is 1. The summed E-state index contributed by atoms with van der Waals surface area (Å²) in [5, 5.41) is 15.0. The number of amides is 2. The van der Waals surface area contributed by atoms with Crippen molar-refractivity contribution in [2.75, 3.05) is 17.3 Å². The number of nitrogens with zero attached hydrogens (tertiary/aromatic N) is 2. The van der Waals surface area contributed by atoms with Gasteiger partial charge in [0.2, 0.25) is 11.8 Å². The van der Waals surface area contributed by atoms with Gasteiger partial charge in [-0.2, -0.15) is 0 Å². The molecule has 2 fully saturated rings. The maximum absolute atomic E-state index is 12.8. The summed E-state index contributed by atoms with van der Waals surface area (Å²) in [6.07, 6.45) is 3.21. The lowest BCUT2D eigenvalue weighted by atomic mass is 9.81. The Morgan fingerprint density at radius 3 is 2.33 bits per heavy atom. The van der Waals surface area contributed by atoms with Crippen LogP contribution in [0.15, 0.2) is 36.4 Å². The molecule has 2 atom stereocenters. The average molecular weight is 430 g/mol. The summed E-state index contributed by atoms with van der Waals surface area (Å²) in [7, 11) is 1.49. The zero-order valence-corrected chi connectivity index (χ0v) is 17.0. The molecule has 2 aliphatic rings. The number of nitro groups is 1. The molecule has 1 N–H and O–H groups in total. The summed E-state index contributed by atoms with van der Waals surface area (Å²) in [5.41, 5.74) is 0.747. The average Bonchev–Trinajstić information content (AvgIpc) is 2.99. The highest BCUT2D eigenvalue weighted by Crippen LogP contribution is 2.42. The zero-order valence-electron chi connectivity index (χ0n) is 16.3. The minimum Gasteiger partial charge on any atom is -0.495 e. The van der Waals surface area contributed by atoms with E-state index >= 15 is 0 Å². The van der Waals surface area contributed by atoms with E-state index in [2.05, 4.69) is 5.32 Å². The van der Waals surface area contributed by atoms with Gasteiger partial charge in [-0.3, -0.25) is 19.7 Å². The SMILES string of the molecule is COc1ccc(Nc2ccc(N3C(=O)[C@@H]4CCCC[C@H]4C3=O)cc2[N+](=O)[O-])cc1Cl. The Bertz CT molecular complexity index is 1020. The van der Waals surface area contributed by atoms with Gasteiger partial charge in [0.25, 0.3) is 5.69 Å². The quantitative estimate of drug-likeness (QED) is 0.420. The predicted molar refractivity (Wildman–Crippen MR) is 112 cm³/mol. The molecule has 30 heavy (non-hydrogen) atoms. The van der Waals surface area contributed by atoms with Gasteiger partial charge < -0.3 is 10.1 Å². The number of nitro benzene ring substituents is 1. The van der Waals surface area contributed by atoms with Crippen LogP contribution in [-0.2, 0) is 9.59 Å². The molecule has 0 unspecified atom stereocenters. The molecule has 2 amide bonds. The molecule has 1 aliphatic carbocycles. The molecule has 0 spiro atoms. The highest BCUT2D eigenvalue weighted by molar-refractivity contribution is 6.32. The third kappa shape index (κ3) is 3.47. The second-order valence-electron chi connectivity index (χ2n) is 7.44. The predicted octanol–water partition coefficient (Wildman–Crippen LogP) is 4.68. The number of anilines is 3. The molecule has 2 aromatic rings. The zero-order chi connectivity index (χ0) is 21.4. The van der Waals surface area contributed by atoms with Gasteiger partial charge >= 0.3 is 0 Å². The van der Waals surface area contributed by atoms with E-state index in [-0.39, 0.29) is 40.7 Å². The number of halogens is 1. The van der Waals surface area contributed by atoms with Crippen molar-refractivity contribution in [2.24, 2.45) is 11.8 Å². The molecule has 0 aromatic heterocycles. The molecular formula is C21H20ClN3O5. The summed E-state index contributed by atoms with van der Waals surface area (Å²) in [6, 6.07) is 9.23. The van der Waals surface area contributed by atoms with Crippen LogP contribution >= 0.6 is 11.6 Å². The molecule has 156 valence electrons. The van der Waals surface area contributed by atoms with Gasteiger partial charge in [-0.05, 0) is 43.2 Å².